The molecule has 0 aromatic carbocycles. The molecule has 0 spiro atoms. The summed E-state index contributed by atoms with van der Waals surface area (Å²) < 4.78 is 0. The fourth-order valence-corrected chi connectivity index (χ4v) is 2.12. The minimum absolute atomic E-state index is 1.11. The Kier molecular flexibility index (Phi) is 12.2. The highest BCUT2D eigenvalue weighted by Crippen LogP contribution is 2.21. The Labute approximate surface area is 115 Å². The average Bonchev–Trinajstić information content (AvgIpc) is 2.41. The third kappa shape index (κ3) is 5.20. The van der Waals surface area contributed by atoms with Gasteiger partial charge in [-0.1, -0.05) is 48.0 Å². The Hall–Kier alpha value is -0.850. The topological polar surface area (TPSA) is 12.9 Å². The lowest BCUT2D eigenvalue weighted by Gasteiger charge is -2.15. The lowest BCUT2D eigenvalue weighted by Crippen LogP contribution is -2.04. The number of rotatable bonds is 3. The van der Waals surface area contributed by atoms with Crippen LogP contribution in [0.25, 0.3) is 0 Å². The third-order valence-corrected chi connectivity index (χ3v) is 2.99. The largest absolute Gasteiger partial charge is 0.258 e. The lowest BCUT2D eigenvalue weighted by atomic mass is 9.95. The molecule has 0 aliphatic rings. The van der Waals surface area contributed by atoms with Crippen LogP contribution in [0.15, 0.2) is 0 Å². The number of aromatic nitrogens is 1. The molecule has 106 valence electrons. The van der Waals surface area contributed by atoms with Crippen LogP contribution >= 0.6 is 0 Å². The van der Waals surface area contributed by atoms with Crippen LogP contribution in [-0.2, 0) is 12.8 Å². The van der Waals surface area contributed by atoms with E-state index in [9.17, 15) is 0 Å². The maximum absolute atomic E-state index is 4.59. The summed E-state index contributed by atoms with van der Waals surface area (Å²) in [5.41, 5.74) is 6.83. The summed E-state index contributed by atoms with van der Waals surface area (Å²) in [6, 6.07) is 0. The van der Waals surface area contributed by atoms with Crippen molar-refractivity contribution in [3.8, 4) is 0 Å². The first-order valence-electron chi connectivity index (χ1n) is 7.57. The van der Waals surface area contributed by atoms with Gasteiger partial charge in [-0.25, -0.2) is 0 Å². The Morgan fingerprint density at radius 2 is 1.28 bits per heavy atom. The van der Waals surface area contributed by atoms with Gasteiger partial charge in [0.1, 0.15) is 0 Å². The van der Waals surface area contributed by atoms with Crippen LogP contribution in [0.2, 0.25) is 0 Å². The van der Waals surface area contributed by atoms with Gasteiger partial charge in [0.2, 0.25) is 0 Å². The van der Waals surface area contributed by atoms with Gasteiger partial charge >= 0.3 is 0 Å². The minimum Gasteiger partial charge on any atom is -0.258 e. The molecule has 0 fully saturated rings. The molecule has 0 unspecified atom stereocenters. The Bertz CT molecular complexity index is 327. The predicted octanol–water partition coefficient (Wildman–Crippen LogP) is 5.57. The lowest BCUT2D eigenvalue weighted by molar-refractivity contribution is 0.862. The van der Waals surface area contributed by atoms with Gasteiger partial charge in [0, 0.05) is 11.4 Å². The molecule has 0 bridgehead atoms. The van der Waals surface area contributed by atoms with Crippen molar-refractivity contribution >= 4 is 0 Å². The van der Waals surface area contributed by atoms with Gasteiger partial charge in [0.25, 0.3) is 0 Å². The van der Waals surface area contributed by atoms with Gasteiger partial charge in [-0.3, -0.25) is 4.98 Å². The van der Waals surface area contributed by atoms with Gasteiger partial charge in [-0.15, -0.1) is 0 Å². The van der Waals surface area contributed by atoms with Gasteiger partial charge in [0.05, 0.1) is 0 Å². The zero-order valence-electron chi connectivity index (χ0n) is 14.1. The molecule has 0 aliphatic heterocycles. The van der Waals surface area contributed by atoms with E-state index in [1.54, 1.807) is 5.56 Å². The van der Waals surface area contributed by atoms with Gasteiger partial charge in [-0.2, -0.15) is 0 Å². The first-order valence-corrected chi connectivity index (χ1v) is 7.57. The van der Waals surface area contributed by atoms with Crippen molar-refractivity contribution in [1.29, 1.82) is 0 Å². The minimum atomic E-state index is 1.11. The van der Waals surface area contributed by atoms with Crippen LogP contribution in [0.1, 0.15) is 76.0 Å². The maximum Gasteiger partial charge on any atom is 0.0410 e. The number of pyridine rings is 1. The molecule has 0 amide bonds. The van der Waals surface area contributed by atoms with Crippen molar-refractivity contribution in [2.24, 2.45) is 0 Å². The summed E-state index contributed by atoms with van der Waals surface area (Å²) in [7, 11) is 0. The Morgan fingerprint density at radius 3 is 1.67 bits per heavy atom. The quantitative estimate of drug-likeness (QED) is 0.684. The van der Waals surface area contributed by atoms with E-state index >= 15 is 0 Å². The van der Waals surface area contributed by atoms with E-state index in [2.05, 4.69) is 39.6 Å². The molecule has 0 saturated heterocycles. The van der Waals surface area contributed by atoms with Crippen molar-refractivity contribution in [3.63, 3.8) is 0 Å². The summed E-state index contributed by atoms with van der Waals surface area (Å²) in [5.74, 6) is 0. The van der Waals surface area contributed by atoms with Gasteiger partial charge < -0.3 is 0 Å². The first kappa shape index (κ1) is 19.5. The van der Waals surface area contributed by atoms with Crippen molar-refractivity contribution in [2.75, 3.05) is 0 Å². The average molecular weight is 251 g/mol. The molecule has 18 heavy (non-hydrogen) atoms. The third-order valence-electron chi connectivity index (χ3n) is 2.99. The molecular formula is C17H33N. The molecule has 0 radical (unpaired) electrons. The summed E-state index contributed by atoms with van der Waals surface area (Å²) in [4.78, 5) is 4.59. The van der Waals surface area contributed by atoms with E-state index in [0.717, 1.165) is 6.42 Å². The molecule has 1 aromatic rings. The summed E-state index contributed by atoms with van der Waals surface area (Å²) >= 11 is 0. The summed E-state index contributed by atoms with van der Waals surface area (Å²) in [6.45, 7) is 18.9. The van der Waals surface area contributed by atoms with E-state index < -0.39 is 0 Å². The van der Waals surface area contributed by atoms with E-state index in [0.29, 0.717) is 0 Å². The van der Waals surface area contributed by atoms with Crippen LogP contribution in [0.4, 0.5) is 0 Å². The molecule has 0 saturated carbocycles. The molecule has 1 heteroatoms. The van der Waals surface area contributed by atoms with Crippen molar-refractivity contribution < 1.29 is 0 Å². The SMILES string of the molecule is CC.CC.CCCc1c(C)c(C)nc(C)c1CC. The van der Waals surface area contributed by atoms with E-state index in [-0.39, 0.29) is 0 Å². The summed E-state index contributed by atoms with van der Waals surface area (Å²) in [5, 5.41) is 0. The highest BCUT2D eigenvalue weighted by atomic mass is 14.7. The van der Waals surface area contributed by atoms with Crippen LogP contribution in [0.3, 0.4) is 0 Å². The second-order valence-electron chi connectivity index (χ2n) is 3.97. The molecular weight excluding hydrogens is 218 g/mol. The van der Waals surface area contributed by atoms with E-state index in [4.69, 9.17) is 0 Å². The van der Waals surface area contributed by atoms with E-state index in [1.807, 2.05) is 27.7 Å². The number of nitrogens with zero attached hydrogens (tertiary/aromatic N) is 1. The predicted molar refractivity (Wildman–Crippen MR) is 84.5 cm³/mol. The van der Waals surface area contributed by atoms with Crippen LogP contribution in [0.5, 0.6) is 0 Å². The molecule has 1 aromatic heterocycles. The number of hydrogen-bond donors (Lipinski definition) is 0. The van der Waals surface area contributed by atoms with Gasteiger partial charge in [-0.05, 0) is 50.3 Å². The second kappa shape index (κ2) is 11.3. The van der Waals surface area contributed by atoms with Crippen molar-refractivity contribution in [1.82, 2.24) is 4.98 Å². The highest BCUT2D eigenvalue weighted by Gasteiger charge is 2.10. The molecule has 0 atom stereocenters. The monoisotopic (exact) mass is 251 g/mol. The van der Waals surface area contributed by atoms with Gasteiger partial charge in [0.15, 0.2) is 0 Å². The van der Waals surface area contributed by atoms with Crippen molar-refractivity contribution in [3.05, 3.63) is 28.1 Å². The standard InChI is InChI=1S/C13H21N.2C2H6/c1-6-8-13-9(3)10(4)14-11(5)12(13)7-2;2*1-2/h6-8H2,1-5H3;2*1-2H3. The molecule has 1 nitrogen and oxygen atoms in total. The number of hydrogen-bond acceptors (Lipinski definition) is 1. The van der Waals surface area contributed by atoms with Crippen LogP contribution in [0, 0.1) is 20.8 Å². The zero-order chi connectivity index (χ0) is 14.7. The molecule has 1 heterocycles. The normalized spacial score (nSPS) is 8.94. The summed E-state index contributed by atoms with van der Waals surface area (Å²) in [6.07, 6.45) is 3.52. The Morgan fingerprint density at radius 1 is 0.778 bits per heavy atom. The second-order valence-corrected chi connectivity index (χ2v) is 3.97. The molecule has 0 aliphatic carbocycles. The maximum atomic E-state index is 4.59. The molecule has 1 rings (SSSR count). The highest BCUT2D eigenvalue weighted by molar-refractivity contribution is 5.39. The van der Waals surface area contributed by atoms with E-state index in [1.165, 1.54) is 35.4 Å². The zero-order valence-corrected chi connectivity index (χ0v) is 14.1. The van der Waals surface area contributed by atoms with Crippen LogP contribution < -0.4 is 0 Å². The Balaban J connectivity index is 0. The fourth-order valence-electron chi connectivity index (χ4n) is 2.12. The van der Waals surface area contributed by atoms with Crippen molar-refractivity contribution in [2.45, 2.75) is 81.6 Å². The first-order chi connectivity index (χ1) is 8.61. The smallest absolute Gasteiger partial charge is 0.0410 e. The molecule has 0 N–H and O–H groups in total. The number of aryl methyl sites for hydroxylation is 2. The van der Waals surface area contributed by atoms with Crippen LogP contribution in [-0.4, -0.2) is 4.98 Å². The fraction of sp³-hybridized carbons (Fsp3) is 0.706.